The minimum atomic E-state index is -0.861. The molecule has 0 unspecified atom stereocenters. The third-order valence-corrected chi connectivity index (χ3v) is 1.86. The van der Waals surface area contributed by atoms with E-state index in [2.05, 4.69) is 15.8 Å². The van der Waals surface area contributed by atoms with Crippen LogP contribution < -0.4 is 10.9 Å². The Hall–Kier alpha value is -2.71. The van der Waals surface area contributed by atoms with Crippen molar-refractivity contribution in [3.63, 3.8) is 0 Å². The molecule has 0 aromatic carbocycles. The highest BCUT2D eigenvalue weighted by atomic mass is 16.6. The zero-order valence-corrected chi connectivity index (χ0v) is 9.71. The number of carbonyl (C=O) groups excluding carboxylic acids is 2. The maximum atomic E-state index is 11.2. The van der Waals surface area contributed by atoms with Crippen molar-refractivity contribution in [3.8, 4) is 0 Å². The van der Waals surface area contributed by atoms with Crippen molar-refractivity contribution < 1.29 is 14.5 Å². The first-order valence-corrected chi connectivity index (χ1v) is 4.80. The molecule has 2 amide bonds. The molecule has 1 rings (SSSR count). The van der Waals surface area contributed by atoms with Crippen molar-refractivity contribution in [2.75, 3.05) is 19.5 Å². The van der Waals surface area contributed by atoms with Gasteiger partial charge in [0.25, 0.3) is 5.69 Å². The van der Waals surface area contributed by atoms with E-state index in [1.165, 1.54) is 26.2 Å². The van der Waals surface area contributed by atoms with Crippen LogP contribution in [-0.4, -0.2) is 40.7 Å². The number of anilines is 1. The van der Waals surface area contributed by atoms with Crippen molar-refractivity contribution in [2.24, 2.45) is 0 Å². The van der Waals surface area contributed by atoms with Gasteiger partial charge in [-0.3, -0.25) is 30.6 Å². The Morgan fingerprint density at radius 3 is 2.50 bits per heavy atom. The third kappa shape index (κ3) is 3.40. The molecule has 0 aliphatic carbocycles. The van der Waals surface area contributed by atoms with Gasteiger partial charge in [-0.25, -0.2) is 4.98 Å². The number of likely N-dealkylation sites (N-methyl/N-ethyl adjacent to an activating group) is 1. The van der Waals surface area contributed by atoms with Crippen LogP contribution in [0.4, 0.5) is 11.5 Å². The Morgan fingerprint density at radius 1 is 1.39 bits per heavy atom. The first kappa shape index (κ1) is 13.4. The normalized spacial score (nSPS) is 9.44. The number of carbonyl (C=O) groups is 2. The summed E-state index contributed by atoms with van der Waals surface area (Å²) >= 11 is 0. The van der Waals surface area contributed by atoms with Gasteiger partial charge >= 0.3 is 11.8 Å². The number of hydrogen-bond donors (Lipinski definition) is 2. The van der Waals surface area contributed by atoms with Gasteiger partial charge in [-0.1, -0.05) is 0 Å². The number of nitro groups is 1. The lowest BCUT2D eigenvalue weighted by Crippen LogP contribution is -2.41. The molecule has 9 heteroatoms. The average molecular weight is 253 g/mol. The summed E-state index contributed by atoms with van der Waals surface area (Å²) in [7, 11) is 2.87. The summed E-state index contributed by atoms with van der Waals surface area (Å²) in [5, 5.41) is 10.4. The van der Waals surface area contributed by atoms with Crippen molar-refractivity contribution >= 4 is 23.3 Å². The average Bonchev–Trinajstić information content (AvgIpc) is 2.35. The molecule has 0 atom stereocenters. The minimum Gasteiger partial charge on any atom is -0.341 e. The summed E-state index contributed by atoms with van der Waals surface area (Å²) in [6.45, 7) is 0. The smallest absolute Gasteiger partial charge is 0.327 e. The fourth-order valence-electron chi connectivity index (χ4n) is 0.945. The number of nitrogens with one attached hydrogen (secondary N) is 2. The molecule has 18 heavy (non-hydrogen) atoms. The molecule has 0 spiro atoms. The second-order valence-corrected chi connectivity index (χ2v) is 3.44. The first-order valence-electron chi connectivity index (χ1n) is 4.80. The van der Waals surface area contributed by atoms with E-state index in [9.17, 15) is 19.7 Å². The predicted octanol–water partition coefficient (Wildman–Crippen LogP) is -0.479. The van der Waals surface area contributed by atoms with E-state index in [4.69, 9.17) is 0 Å². The van der Waals surface area contributed by atoms with Crippen LogP contribution in [0.25, 0.3) is 0 Å². The van der Waals surface area contributed by atoms with Crippen molar-refractivity contribution in [3.05, 3.63) is 28.4 Å². The highest BCUT2D eigenvalue weighted by Gasteiger charge is 2.15. The van der Waals surface area contributed by atoms with E-state index in [1.807, 2.05) is 0 Å². The molecule has 0 aliphatic heterocycles. The molecule has 0 bridgehead atoms. The predicted molar refractivity (Wildman–Crippen MR) is 61.4 cm³/mol. The van der Waals surface area contributed by atoms with Crippen LogP contribution in [-0.2, 0) is 9.59 Å². The van der Waals surface area contributed by atoms with Gasteiger partial charge in [-0.05, 0) is 6.07 Å². The summed E-state index contributed by atoms with van der Waals surface area (Å²) in [4.78, 5) is 37.0. The van der Waals surface area contributed by atoms with E-state index < -0.39 is 16.7 Å². The van der Waals surface area contributed by atoms with Gasteiger partial charge in [0.15, 0.2) is 0 Å². The van der Waals surface area contributed by atoms with Gasteiger partial charge in [-0.2, -0.15) is 0 Å². The van der Waals surface area contributed by atoms with Crippen LogP contribution in [0.1, 0.15) is 0 Å². The van der Waals surface area contributed by atoms with E-state index in [1.54, 1.807) is 0 Å². The molecule has 1 aromatic heterocycles. The van der Waals surface area contributed by atoms with Gasteiger partial charge in [0, 0.05) is 20.2 Å². The molecule has 2 N–H and O–H groups in total. The molecule has 0 radical (unpaired) electrons. The van der Waals surface area contributed by atoms with E-state index in [0.717, 1.165) is 11.1 Å². The standard InChI is InChI=1S/C9H11N5O4/c1-13(2)9(16)8(15)12-11-7-4-3-6(5-10-7)14(17)18/h3-5H,1-2H3,(H,10,11)(H,12,15). The molecule has 9 nitrogen and oxygen atoms in total. The van der Waals surface area contributed by atoms with Gasteiger partial charge < -0.3 is 4.90 Å². The second-order valence-electron chi connectivity index (χ2n) is 3.44. The zero-order valence-electron chi connectivity index (χ0n) is 9.71. The Kier molecular flexibility index (Phi) is 4.13. The highest BCUT2D eigenvalue weighted by molar-refractivity contribution is 6.35. The summed E-state index contributed by atoms with van der Waals surface area (Å²) in [6.07, 6.45) is 1.03. The molecule has 0 aliphatic rings. The fraction of sp³-hybridized carbons (Fsp3) is 0.222. The lowest BCUT2D eigenvalue weighted by molar-refractivity contribution is -0.385. The number of rotatable bonds is 3. The number of aromatic nitrogens is 1. The maximum Gasteiger partial charge on any atom is 0.327 e. The van der Waals surface area contributed by atoms with Crippen molar-refractivity contribution in [1.82, 2.24) is 15.3 Å². The SMILES string of the molecule is CN(C)C(=O)C(=O)NNc1ccc([N+](=O)[O-])cn1. The molecule has 1 heterocycles. The van der Waals surface area contributed by atoms with Crippen LogP contribution in [0.2, 0.25) is 0 Å². The number of amides is 2. The Balaban J connectivity index is 2.56. The fourth-order valence-corrected chi connectivity index (χ4v) is 0.945. The largest absolute Gasteiger partial charge is 0.341 e. The summed E-state index contributed by atoms with van der Waals surface area (Å²) in [6, 6.07) is 2.52. The van der Waals surface area contributed by atoms with Crippen molar-refractivity contribution in [2.45, 2.75) is 0 Å². The van der Waals surface area contributed by atoms with Gasteiger partial charge in [0.2, 0.25) is 0 Å². The highest BCUT2D eigenvalue weighted by Crippen LogP contribution is 2.10. The Morgan fingerprint density at radius 2 is 2.06 bits per heavy atom. The topological polar surface area (TPSA) is 117 Å². The number of hydrogen-bond acceptors (Lipinski definition) is 6. The quantitative estimate of drug-likeness (QED) is 0.427. The summed E-state index contributed by atoms with van der Waals surface area (Å²) < 4.78 is 0. The molecule has 0 fully saturated rings. The monoisotopic (exact) mass is 253 g/mol. The molecule has 96 valence electrons. The number of pyridine rings is 1. The van der Waals surface area contributed by atoms with Crippen LogP contribution in [0.3, 0.4) is 0 Å². The summed E-state index contributed by atoms with van der Waals surface area (Å²) in [5.74, 6) is -1.41. The Labute approximate surface area is 102 Å². The second kappa shape index (κ2) is 5.57. The summed E-state index contributed by atoms with van der Waals surface area (Å²) in [5.41, 5.74) is 4.31. The third-order valence-electron chi connectivity index (χ3n) is 1.86. The van der Waals surface area contributed by atoms with Crippen LogP contribution in [0.5, 0.6) is 0 Å². The lowest BCUT2D eigenvalue weighted by atomic mass is 10.4. The van der Waals surface area contributed by atoms with E-state index in [-0.39, 0.29) is 11.5 Å². The van der Waals surface area contributed by atoms with E-state index in [0.29, 0.717) is 0 Å². The van der Waals surface area contributed by atoms with Crippen LogP contribution >= 0.6 is 0 Å². The lowest BCUT2D eigenvalue weighted by Gasteiger charge is -2.10. The molecule has 0 saturated heterocycles. The molecule has 0 saturated carbocycles. The van der Waals surface area contributed by atoms with E-state index >= 15 is 0 Å². The molecular formula is C9H11N5O4. The minimum absolute atomic E-state index is 0.170. The zero-order chi connectivity index (χ0) is 13.7. The number of hydrazine groups is 1. The molecular weight excluding hydrogens is 242 g/mol. The van der Waals surface area contributed by atoms with Crippen LogP contribution in [0, 0.1) is 10.1 Å². The maximum absolute atomic E-state index is 11.2. The van der Waals surface area contributed by atoms with Crippen LogP contribution in [0.15, 0.2) is 18.3 Å². The van der Waals surface area contributed by atoms with Gasteiger partial charge in [-0.15, -0.1) is 0 Å². The Bertz CT molecular complexity index is 470. The number of nitrogens with zero attached hydrogens (tertiary/aromatic N) is 3. The van der Waals surface area contributed by atoms with Gasteiger partial charge in [0.1, 0.15) is 12.0 Å². The molecule has 1 aromatic rings. The van der Waals surface area contributed by atoms with Crippen molar-refractivity contribution in [1.29, 1.82) is 0 Å². The first-order chi connectivity index (χ1) is 8.41. The van der Waals surface area contributed by atoms with Gasteiger partial charge in [0.05, 0.1) is 4.92 Å².